The summed E-state index contributed by atoms with van der Waals surface area (Å²) in [6, 6.07) is 0. The van der Waals surface area contributed by atoms with Crippen molar-refractivity contribution in [1.82, 2.24) is 5.32 Å². The van der Waals surface area contributed by atoms with E-state index in [1.54, 1.807) is 0 Å². The van der Waals surface area contributed by atoms with Gasteiger partial charge in [0.1, 0.15) is 12.6 Å². The zero-order valence-electron chi connectivity index (χ0n) is 30.9. The summed E-state index contributed by atoms with van der Waals surface area (Å²) in [6.45, 7) is 4.17. The van der Waals surface area contributed by atoms with Crippen LogP contribution in [0.5, 0.6) is 0 Å². The number of amides is 1. The Hall–Kier alpha value is -2.11. The van der Waals surface area contributed by atoms with Crippen LogP contribution in [0.15, 0.2) is 24.3 Å². The number of unbranched alkanes of at least 4 members (excludes halogenated alkanes) is 21. The molecular weight excluding hydrogens is 586 g/mol. The van der Waals surface area contributed by atoms with Gasteiger partial charge >= 0.3 is 11.9 Å². The van der Waals surface area contributed by atoms with E-state index in [0.29, 0.717) is 12.8 Å². The van der Waals surface area contributed by atoms with Gasteiger partial charge in [-0.2, -0.15) is 0 Å². The van der Waals surface area contributed by atoms with E-state index in [1.807, 2.05) is 0 Å². The Bertz CT molecular complexity index is 778. The smallest absolute Gasteiger partial charge is 0.322 e. The number of hydrogen-bond acceptors (Lipinski definition) is 4. The van der Waals surface area contributed by atoms with Gasteiger partial charge in [-0.15, -0.1) is 0 Å². The van der Waals surface area contributed by atoms with E-state index in [1.165, 1.54) is 109 Å². The zero-order valence-corrected chi connectivity index (χ0v) is 30.9. The molecule has 0 saturated carbocycles. The van der Waals surface area contributed by atoms with E-state index >= 15 is 0 Å². The van der Waals surface area contributed by atoms with E-state index in [-0.39, 0.29) is 24.5 Å². The van der Waals surface area contributed by atoms with Crippen LogP contribution < -0.4 is 5.32 Å². The van der Waals surface area contributed by atoms with Gasteiger partial charge in [0.25, 0.3) is 0 Å². The van der Waals surface area contributed by atoms with Crippen molar-refractivity contribution in [3.63, 3.8) is 0 Å². The molecule has 0 aliphatic heterocycles. The number of aliphatic carboxylic acids is 1. The molecule has 0 rings (SSSR count). The van der Waals surface area contributed by atoms with Gasteiger partial charge in [-0.25, -0.2) is 0 Å². The van der Waals surface area contributed by atoms with Crippen molar-refractivity contribution < 1.29 is 24.2 Å². The molecule has 0 saturated heterocycles. The van der Waals surface area contributed by atoms with E-state index < -0.39 is 5.97 Å². The molecule has 0 aromatic rings. The molecule has 47 heavy (non-hydrogen) atoms. The van der Waals surface area contributed by atoms with Crippen molar-refractivity contribution in [3.8, 4) is 0 Å². The summed E-state index contributed by atoms with van der Waals surface area (Å²) in [5.41, 5.74) is 0. The summed E-state index contributed by atoms with van der Waals surface area (Å²) in [5, 5.41) is 11.1. The Morgan fingerprint density at radius 3 is 1.47 bits per heavy atom. The number of nitrogens with one attached hydrogen (secondary N) is 1. The fraction of sp³-hybridized carbons (Fsp3) is 0.829. The molecule has 0 aliphatic carbocycles. The van der Waals surface area contributed by atoms with Crippen molar-refractivity contribution >= 4 is 17.8 Å². The molecule has 0 aliphatic rings. The fourth-order valence-corrected chi connectivity index (χ4v) is 5.86. The predicted octanol–water partition coefficient (Wildman–Crippen LogP) is 12.0. The maximum absolute atomic E-state index is 12.7. The maximum Gasteiger partial charge on any atom is 0.322 e. The molecule has 6 heteroatoms. The summed E-state index contributed by atoms with van der Waals surface area (Å²) in [5.74, 6) is -1.25. The first-order valence-corrected chi connectivity index (χ1v) is 20.0. The van der Waals surface area contributed by atoms with Crippen molar-refractivity contribution in [2.24, 2.45) is 0 Å². The number of rotatable bonds is 36. The Kier molecular flexibility index (Phi) is 35.1. The molecule has 0 aromatic carbocycles. The average molecular weight is 662 g/mol. The second-order valence-electron chi connectivity index (χ2n) is 13.5. The maximum atomic E-state index is 12.7. The van der Waals surface area contributed by atoms with Crippen molar-refractivity contribution in [2.75, 3.05) is 6.54 Å². The molecule has 0 heterocycles. The zero-order chi connectivity index (χ0) is 34.5. The van der Waals surface area contributed by atoms with Gasteiger partial charge in [0, 0.05) is 12.8 Å². The molecular formula is C41H75NO5. The van der Waals surface area contributed by atoms with Crippen LogP contribution in [-0.2, 0) is 19.1 Å². The SMILES string of the molecule is CCC/C=C\CCCCCCCC(=O)OC(CCCCC/C=C\CCCCCCCCCC)CCCCCCCC(=O)NCC(=O)O. The highest BCUT2D eigenvalue weighted by Gasteiger charge is 2.14. The predicted molar refractivity (Wildman–Crippen MR) is 199 cm³/mol. The second-order valence-corrected chi connectivity index (χ2v) is 13.5. The molecule has 6 nitrogen and oxygen atoms in total. The monoisotopic (exact) mass is 662 g/mol. The number of hydrogen-bond donors (Lipinski definition) is 2. The van der Waals surface area contributed by atoms with Crippen molar-refractivity contribution in [3.05, 3.63) is 24.3 Å². The van der Waals surface area contributed by atoms with Gasteiger partial charge in [-0.3, -0.25) is 14.4 Å². The van der Waals surface area contributed by atoms with Gasteiger partial charge in [0.05, 0.1) is 0 Å². The second kappa shape index (κ2) is 36.7. The third-order valence-electron chi connectivity index (χ3n) is 8.83. The van der Waals surface area contributed by atoms with E-state index in [0.717, 1.165) is 70.6 Å². The van der Waals surface area contributed by atoms with Crippen LogP contribution in [-0.4, -0.2) is 35.6 Å². The normalized spacial score (nSPS) is 12.2. The fourth-order valence-electron chi connectivity index (χ4n) is 5.86. The molecule has 1 unspecified atom stereocenters. The average Bonchev–Trinajstić information content (AvgIpc) is 3.05. The quantitative estimate of drug-likeness (QED) is 0.0396. The molecule has 0 radical (unpaired) electrons. The summed E-state index contributed by atoms with van der Waals surface area (Å²) < 4.78 is 5.99. The summed E-state index contributed by atoms with van der Waals surface area (Å²) in [4.78, 5) is 34.9. The largest absolute Gasteiger partial charge is 0.480 e. The van der Waals surface area contributed by atoms with E-state index in [4.69, 9.17) is 9.84 Å². The van der Waals surface area contributed by atoms with Crippen LogP contribution in [0.25, 0.3) is 0 Å². The molecule has 0 bridgehead atoms. The third kappa shape index (κ3) is 36.6. The Balaban J connectivity index is 4.21. The Labute approximate surface area is 290 Å². The lowest BCUT2D eigenvalue weighted by molar-refractivity contribution is -0.150. The van der Waals surface area contributed by atoms with Crippen LogP contribution in [0.4, 0.5) is 0 Å². The van der Waals surface area contributed by atoms with E-state index in [9.17, 15) is 14.4 Å². The number of carbonyl (C=O) groups is 3. The first-order chi connectivity index (χ1) is 23.0. The lowest BCUT2D eigenvalue weighted by Gasteiger charge is -2.18. The number of allylic oxidation sites excluding steroid dienone is 4. The lowest BCUT2D eigenvalue weighted by Crippen LogP contribution is -2.28. The minimum absolute atomic E-state index is 0.0109. The lowest BCUT2D eigenvalue weighted by atomic mass is 10.0. The molecule has 0 fully saturated rings. The number of ether oxygens (including phenoxy) is 1. The highest BCUT2D eigenvalue weighted by atomic mass is 16.5. The molecule has 1 atom stereocenters. The standard InChI is InChI=1S/C41H75NO5/c1-3-5-7-9-11-13-15-16-17-18-19-20-22-25-29-33-38(34-30-26-24-27-31-35-39(43)42-37-40(44)45)47-41(46)36-32-28-23-21-14-12-10-8-6-4-2/h8,10,18-19,38H,3-7,9,11-17,20-37H2,1-2H3,(H,42,43)(H,44,45)/b10-8-,19-18-. The number of esters is 1. The molecule has 2 N–H and O–H groups in total. The molecule has 1 amide bonds. The van der Waals surface area contributed by atoms with Crippen LogP contribution >= 0.6 is 0 Å². The van der Waals surface area contributed by atoms with Gasteiger partial charge in [-0.1, -0.05) is 134 Å². The Morgan fingerprint density at radius 1 is 0.532 bits per heavy atom. The van der Waals surface area contributed by atoms with Crippen molar-refractivity contribution in [1.29, 1.82) is 0 Å². The van der Waals surface area contributed by atoms with Crippen LogP contribution in [0.2, 0.25) is 0 Å². The van der Waals surface area contributed by atoms with Gasteiger partial charge in [0.2, 0.25) is 5.91 Å². The van der Waals surface area contributed by atoms with Gasteiger partial charge < -0.3 is 15.2 Å². The minimum atomic E-state index is -1.02. The van der Waals surface area contributed by atoms with Crippen molar-refractivity contribution in [2.45, 2.75) is 213 Å². The Morgan fingerprint density at radius 2 is 0.957 bits per heavy atom. The number of carbonyl (C=O) groups excluding carboxylic acids is 2. The third-order valence-corrected chi connectivity index (χ3v) is 8.83. The van der Waals surface area contributed by atoms with Crippen LogP contribution in [0.3, 0.4) is 0 Å². The molecule has 274 valence electrons. The van der Waals surface area contributed by atoms with Crippen LogP contribution in [0.1, 0.15) is 206 Å². The highest BCUT2D eigenvalue weighted by molar-refractivity contribution is 5.80. The summed E-state index contributed by atoms with van der Waals surface area (Å²) >= 11 is 0. The topological polar surface area (TPSA) is 92.7 Å². The first-order valence-electron chi connectivity index (χ1n) is 20.0. The van der Waals surface area contributed by atoms with E-state index in [2.05, 4.69) is 43.5 Å². The first kappa shape index (κ1) is 44.9. The minimum Gasteiger partial charge on any atom is -0.480 e. The number of carboxylic acid groups (broad SMARTS) is 1. The van der Waals surface area contributed by atoms with Gasteiger partial charge in [-0.05, 0) is 83.5 Å². The van der Waals surface area contributed by atoms with Gasteiger partial charge in [0.15, 0.2) is 0 Å². The number of carboxylic acids is 1. The summed E-state index contributed by atoms with van der Waals surface area (Å²) in [7, 11) is 0. The highest BCUT2D eigenvalue weighted by Crippen LogP contribution is 2.18. The molecule has 0 aromatic heterocycles. The summed E-state index contributed by atoms with van der Waals surface area (Å²) in [6.07, 6.45) is 43.0. The van der Waals surface area contributed by atoms with Crippen LogP contribution in [0, 0.1) is 0 Å². The molecule has 0 spiro atoms.